The fraction of sp³-hybridized carbons (Fsp3) is 0.233. The number of aryl methyl sites for hydroxylation is 2. The second kappa shape index (κ2) is 14.7. The molecule has 4 aliphatic heterocycles. The van der Waals surface area contributed by atoms with Gasteiger partial charge in [-0.05, 0) is 104 Å². The normalized spacial score (nSPS) is 17.8. The third-order valence-corrected chi connectivity index (χ3v) is 11.1. The lowest BCUT2D eigenvalue weighted by Gasteiger charge is -2.34. The van der Waals surface area contributed by atoms with Gasteiger partial charge in [0.05, 0.1) is 11.1 Å². The Morgan fingerprint density at radius 1 is 0.776 bits per heavy atom. The number of nitrogens with two attached hydrogens (primary N) is 1. The molecule has 58 heavy (non-hydrogen) atoms. The highest BCUT2D eigenvalue weighted by Crippen LogP contribution is 2.36. The van der Waals surface area contributed by atoms with Gasteiger partial charge in [-0.1, -0.05) is 18.2 Å². The van der Waals surface area contributed by atoms with Gasteiger partial charge in [-0.3, -0.25) is 39.0 Å². The molecule has 15 heteroatoms. The summed E-state index contributed by atoms with van der Waals surface area (Å²) in [5.74, 6) is -1.13. The Kier molecular flexibility index (Phi) is 9.19. The molecule has 292 valence electrons. The van der Waals surface area contributed by atoms with Crippen LogP contribution in [0.15, 0.2) is 91.0 Å². The van der Waals surface area contributed by atoms with Crippen molar-refractivity contribution in [3.8, 4) is 22.8 Å². The van der Waals surface area contributed by atoms with E-state index >= 15 is 0 Å². The number of hydrogen-bond acceptors (Lipinski definition) is 10. The first-order valence-corrected chi connectivity index (χ1v) is 19.2. The van der Waals surface area contributed by atoms with E-state index in [0.717, 1.165) is 21.8 Å². The Labute approximate surface area is 332 Å². The Bertz CT molecular complexity index is 2530. The Hall–Kier alpha value is -7.29. The minimum atomic E-state index is -1.02. The van der Waals surface area contributed by atoms with Crippen molar-refractivity contribution in [1.82, 2.24) is 25.3 Å². The van der Waals surface area contributed by atoms with E-state index in [1.807, 2.05) is 66.7 Å². The van der Waals surface area contributed by atoms with Crippen LogP contribution in [0.5, 0.6) is 11.5 Å². The summed E-state index contributed by atoms with van der Waals surface area (Å²) in [5.41, 5.74) is 10.8. The molecule has 1 aromatic heterocycles. The molecule has 4 aliphatic rings. The quantitative estimate of drug-likeness (QED) is 0.162. The van der Waals surface area contributed by atoms with Gasteiger partial charge in [0.15, 0.2) is 0 Å². The standard InChI is InChI=1S/C43H38N8O7/c44-38(53)36-37(24-6-10-30(11-7-24)58-29-4-2-1-3-5-29)48-50-21-16-25-22-26(8-13-33(25)46-39(36)50)40(54)45-27-17-19-49(20-18-27)28-9-12-31-32(23-28)43(57)51(42(31)56)34-14-15-35(52)47-41(34)55/h1-13,22-23,27,34,46H,14-21H2,(H2,44,53)(H,45,54)(H,47,52,55). The lowest BCUT2D eigenvalue weighted by atomic mass is 10.0. The minimum Gasteiger partial charge on any atom is -0.457 e. The molecule has 1 atom stereocenters. The highest BCUT2D eigenvalue weighted by molar-refractivity contribution is 6.23. The van der Waals surface area contributed by atoms with Gasteiger partial charge in [0.25, 0.3) is 23.6 Å². The molecule has 4 aromatic carbocycles. The number of aromatic nitrogens is 2. The number of imide groups is 2. The van der Waals surface area contributed by atoms with Gasteiger partial charge < -0.3 is 26.0 Å². The van der Waals surface area contributed by atoms with Crippen molar-refractivity contribution in [2.24, 2.45) is 5.73 Å². The first-order chi connectivity index (χ1) is 28.1. The number of carbonyl (C=O) groups is 6. The molecule has 1 unspecified atom stereocenters. The van der Waals surface area contributed by atoms with E-state index < -0.39 is 35.6 Å². The molecule has 5 heterocycles. The molecule has 6 amide bonds. The van der Waals surface area contributed by atoms with Crippen molar-refractivity contribution < 1.29 is 33.5 Å². The van der Waals surface area contributed by atoms with Gasteiger partial charge in [-0.15, -0.1) is 0 Å². The third-order valence-electron chi connectivity index (χ3n) is 11.1. The summed E-state index contributed by atoms with van der Waals surface area (Å²) >= 11 is 0. The highest BCUT2D eigenvalue weighted by Gasteiger charge is 2.45. The Morgan fingerprint density at radius 2 is 1.52 bits per heavy atom. The van der Waals surface area contributed by atoms with E-state index in [-0.39, 0.29) is 41.5 Å². The van der Waals surface area contributed by atoms with Crippen molar-refractivity contribution in [2.75, 3.05) is 23.3 Å². The van der Waals surface area contributed by atoms with Crippen molar-refractivity contribution in [3.63, 3.8) is 0 Å². The van der Waals surface area contributed by atoms with Crippen molar-refractivity contribution >= 4 is 52.6 Å². The van der Waals surface area contributed by atoms with Crippen LogP contribution in [0.3, 0.4) is 0 Å². The number of benzene rings is 4. The number of nitrogens with one attached hydrogen (secondary N) is 3. The number of hydrogen-bond donors (Lipinski definition) is 4. The summed E-state index contributed by atoms with van der Waals surface area (Å²) < 4.78 is 7.66. The number of fused-ring (bicyclic) bond motifs is 3. The number of para-hydroxylation sites is 1. The van der Waals surface area contributed by atoms with Crippen LogP contribution in [0, 0.1) is 0 Å². The van der Waals surface area contributed by atoms with Gasteiger partial charge in [0.1, 0.15) is 34.6 Å². The average molecular weight is 779 g/mol. The molecule has 2 fully saturated rings. The van der Waals surface area contributed by atoms with Crippen LogP contribution in [0.2, 0.25) is 0 Å². The second-order valence-corrected chi connectivity index (χ2v) is 14.8. The first-order valence-electron chi connectivity index (χ1n) is 19.2. The van der Waals surface area contributed by atoms with Gasteiger partial charge in [-0.2, -0.15) is 5.10 Å². The number of primary amides is 1. The van der Waals surface area contributed by atoms with Crippen molar-refractivity contribution in [3.05, 3.63) is 119 Å². The smallest absolute Gasteiger partial charge is 0.262 e. The van der Waals surface area contributed by atoms with E-state index in [2.05, 4.69) is 20.9 Å². The first kappa shape index (κ1) is 36.4. The van der Waals surface area contributed by atoms with Crippen LogP contribution in [0.25, 0.3) is 11.3 Å². The zero-order chi connectivity index (χ0) is 40.1. The van der Waals surface area contributed by atoms with E-state index in [9.17, 15) is 28.8 Å². The Morgan fingerprint density at radius 3 is 2.26 bits per heavy atom. The number of carbonyl (C=O) groups excluding carboxylic acids is 6. The number of ether oxygens (including phenoxy) is 1. The molecule has 0 aliphatic carbocycles. The predicted molar refractivity (Wildman–Crippen MR) is 212 cm³/mol. The number of rotatable bonds is 8. The van der Waals surface area contributed by atoms with Crippen LogP contribution >= 0.6 is 0 Å². The topological polar surface area (TPSA) is 198 Å². The van der Waals surface area contributed by atoms with E-state index in [1.54, 1.807) is 28.9 Å². The summed E-state index contributed by atoms with van der Waals surface area (Å²) in [5, 5.41) is 13.5. The van der Waals surface area contributed by atoms with Crippen molar-refractivity contribution in [1.29, 1.82) is 0 Å². The molecule has 5 aromatic rings. The molecular formula is C43H38N8O7. The second-order valence-electron chi connectivity index (χ2n) is 14.8. The number of amides is 6. The SMILES string of the molecule is NC(=O)c1c(-c2ccc(Oc3ccccc3)cc2)nn2c1Nc1ccc(C(=O)NC3CCN(c4ccc5c(c4)C(=O)N(C4CCC(=O)NC4=O)C5=O)CC3)cc1CC2. The maximum absolute atomic E-state index is 13.5. The summed E-state index contributed by atoms with van der Waals surface area (Å²) in [4.78, 5) is 80.0. The number of piperidine rings is 2. The lowest BCUT2D eigenvalue weighted by molar-refractivity contribution is -0.136. The molecular weight excluding hydrogens is 741 g/mol. The number of anilines is 3. The lowest BCUT2D eigenvalue weighted by Crippen LogP contribution is -2.54. The monoisotopic (exact) mass is 778 g/mol. The molecule has 0 spiro atoms. The predicted octanol–water partition coefficient (Wildman–Crippen LogP) is 4.54. The van der Waals surface area contributed by atoms with Crippen LogP contribution in [-0.2, 0) is 22.6 Å². The zero-order valence-electron chi connectivity index (χ0n) is 31.2. The average Bonchev–Trinajstić information content (AvgIpc) is 3.64. The maximum Gasteiger partial charge on any atom is 0.262 e. The highest BCUT2D eigenvalue weighted by atomic mass is 16.5. The molecule has 9 rings (SSSR count). The third kappa shape index (κ3) is 6.69. The largest absolute Gasteiger partial charge is 0.457 e. The summed E-state index contributed by atoms with van der Waals surface area (Å²) in [6.07, 6.45) is 2.03. The molecule has 15 nitrogen and oxygen atoms in total. The van der Waals surface area contributed by atoms with Crippen LogP contribution in [-0.4, -0.2) is 75.3 Å². The van der Waals surface area contributed by atoms with Crippen LogP contribution in [0.4, 0.5) is 17.2 Å². The molecule has 2 saturated heterocycles. The van der Waals surface area contributed by atoms with Crippen LogP contribution < -0.4 is 31.3 Å². The van der Waals surface area contributed by atoms with Gasteiger partial charge in [0, 0.05) is 54.6 Å². The van der Waals surface area contributed by atoms with E-state index in [4.69, 9.17) is 15.6 Å². The summed E-state index contributed by atoms with van der Waals surface area (Å²) in [6, 6.07) is 26.2. The molecule has 0 bridgehead atoms. The zero-order valence-corrected chi connectivity index (χ0v) is 31.2. The molecule has 0 radical (unpaired) electrons. The maximum atomic E-state index is 13.5. The van der Waals surface area contributed by atoms with Gasteiger partial charge in [0.2, 0.25) is 11.8 Å². The molecule has 5 N–H and O–H groups in total. The fourth-order valence-corrected chi connectivity index (χ4v) is 8.12. The van der Waals surface area contributed by atoms with Gasteiger partial charge in [-0.25, -0.2) is 4.68 Å². The van der Waals surface area contributed by atoms with Gasteiger partial charge >= 0.3 is 0 Å². The molecule has 0 saturated carbocycles. The summed E-state index contributed by atoms with van der Waals surface area (Å²) in [6.45, 7) is 1.67. The number of nitrogens with zero attached hydrogens (tertiary/aromatic N) is 4. The summed E-state index contributed by atoms with van der Waals surface area (Å²) in [7, 11) is 0. The minimum absolute atomic E-state index is 0.0566. The Balaban J connectivity index is 0.834. The van der Waals surface area contributed by atoms with E-state index in [0.29, 0.717) is 73.0 Å². The van der Waals surface area contributed by atoms with E-state index in [1.165, 1.54) is 0 Å². The van der Waals surface area contributed by atoms with Crippen molar-refractivity contribution in [2.45, 2.75) is 50.7 Å². The fourth-order valence-electron chi connectivity index (χ4n) is 8.12. The van der Waals surface area contributed by atoms with Crippen LogP contribution in [0.1, 0.15) is 72.7 Å².